The van der Waals surface area contributed by atoms with Gasteiger partial charge in [0.25, 0.3) is 0 Å². The number of benzene rings is 1. The number of aliphatic imine (C=N–C) groups is 1. The van der Waals surface area contributed by atoms with Gasteiger partial charge in [-0.1, -0.05) is 29.3 Å². The first kappa shape index (κ1) is 18.9. The third-order valence-electron chi connectivity index (χ3n) is 4.83. The number of sulfone groups is 1. The van der Waals surface area contributed by atoms with Crippen LogP contribution in [0.3, 0.4) is 0 Å². The quantitative estimate of drug-likeness (QED) is 0.563. The number of carbonyl (C=O) groups excluding carboxylic acids is 1. The van der Waals surface area contributed by atoms with Crippen molar-refractivity contribution in [2.75, 3.05) is 11.5 Å². The molecule has 7 nitrogen and oxygen atoms in total. The smallest absolute Gasteiger partial charge is 0.363 e. The maximum absolute atomic E-state index is 12.2. The average Bonchev–Trinajstić information content (AvgIpc) is 3.27. The minimum absolute atomic E-state index is 0.0155. The first-order chi connectivity index (χ1) is 13.2. The molecule has 0 amide bonds. The minimum Gasteiger partial charge on any atom is -0.402 e. The number of ether oxygens (including phenoxy) is 1. The van der Waals surface area contributed by atoms with E-state index in [4.69, 9.17) is 16.3 Å². The summed E-state index contributed by atoms with van der Waals surface area (Å²) in [5, 5.41) is 4.68. The maximum atomic E-state index is 12.2. The first-order valence-corrected chi connectivity index (χ1v) is 11.0. The van der Waals surface area contributed by atoms with Gasteiger partial charge in [-0.25, -0.2) is 22.9 Å². The van der Waals surface area contributed by atoms with Gasteiger partial charge in [0.1, 0.15) is 5.15 Å². The van der Waals surface area contributed by atoms with Crippen molar-refractivity contribution in [1.29, 1.82) is 0 Å². The molecule has 2 aliphatic rings. The van der Waals surface area contributed by atoms with Gasteiger partial charge in [-0.05, 0) is 38.5 Å². The number of halogens is 1. The predicted octanol–water partition coefficient (Wildman–Crippen LogP) is 2.86. The third-order valence-corrected chi connectivity index (χ3v) is 6.95. The molecule has 0 unspecified atom stereocenters. The van der Waals surface area contributed by atoms with Crippen molar-refractivity contribution in [2.24, 2.45) is 4.99 Å². The van der Waals surface area contributed by atoms with Crippen LogP contribution in [0.5, 0.6) is 0 Å². The van der Waals surface area contributed by atoms with Gasteiger partial charge < -0.3 is 4.74 Å². The summed E-state index contributed by atoms with van der Waals surface area (Å²) in [6.07, 6.45) is 2.01. The largest absolute Gasteiger partial charge is 0.402 e. The Bertz CT molecular complexity index is 1130. The van der Waals surface area contributed by atoms with E-state index in [0.717, 1.165) is 5.56 Å². The van der Waals surface area contributed by atoms with Gasteiger partial charge in [0.05, 0.1) is 23.2 Å². The molecule has 1 saturated heterocycles. The summed E-state index contributed by atoms with van der Waals surface area (Å²) in [6, 6.07) is 7.19. The molecule has 0 N–H and O–H groups in total. The summed E-state index contributed by atoms with van der Waals surface area (Å²) in [4.78, 5) is 16.5. The molecule has 3 heterocycles. The lowest BCUT2D eigenvalue weighted by Crippen LogP contribution is -2.12. The topological polar surface area (TPSA) is 90.6 Å². The molecule has 4 rings (SSSR count). The second kappa shape index (κ2) is 6.86. The summed E-state index contributed by atoms with van der Waals surface area (Å²) < 4.78 is 30.3. The van der Waals surface area contributed by atoms with Crippen LogP contribution in [-0.2, 0) is 19.4 Å². The highest BCUT2D eigenvalue weighted by molar-refractivity contribution is 7.91. The molecule has 1 aromatic carbocycles. The fraction of sp³-hybridized carbons (Fsp3) is 0.316. The third kappa shape index (κ3) is 3.49. The molecule has 28 heavy (non-hydrogen) atoms. The Morgan fingerprint density at radius 1 is 1.25 bits per heavy atom. The van der Waals surface area contributed by atoms with Gasteiger partial charge >= 0.3 is 5.97 Å². The van der Waals surface area contributed by atoms with Crippen LogP contribution in [0.1, 0.15) is 34.8 Å². The van der Waals surface area contributed by atoms with Crippen LogP contribution in [0, 0.1) is 13.8 Å². The lowest BCUT2D eigenvalue weighted by atomic mass is 10.1. The van der Waals surface area contributed by atoms with Crippen LogP contribution in [0.25, 0.3) is 6.08 Å². The number of rotatable bonds is 3. The van der Waals surface area contributed by atoms with E-state index in [9.17, 15) is 13.2 Å². The highest BCUT2D eigenvalue weighted by atomic mass is 35.5. The summed E-state index contributed by atoms with van der Waals surface area (Å²) >= 11 is 6.46. The SMILES string of the molecule is Cc1ccc(C2=N/C(=C/c3c(C)nn([C@@H]4CCS(=O)(=O)C4)c3Cl)C(=O)O2)cc1. The Morgan fingerprint density at radius 2 is 1.96 bits per heavy atom. The highest BCUT2D eigenvalue weighted by Gasteiger charge is 2.32. The molecule has 0 bridgehead atoms. The first-order valence-electron chi connectivity index (χ1n) is 8.78. The monoisotopic (exact) mass is 419 g/mol. The molecular weight excluding hydrogens is 402 g/mol. The Labute approximate surface area is 167 Å². The van der Waals surface area contributed by atoms with Crippen molar-refractivity contribution in [1.82, 2.24) is 9.78 Å². The molecular formula is C19H18ClN3O4S. The summed E-state index contributed by atoms with van der Waals surface area (Å²) in [5.74, 6) is -0.192. The molecule has 2 aliphatic heterocycles. The van der Waals surface area contributed by atoms with Crippen molar-refractivity contribution in [3.63, 3.8) is 0 Å². The van der Waals surface area contributed by atoms with Crippen LogP contribution in [-0.4, -0.2) is 41.6 Å². The number of aryl methyl sites for hydroxylation is 2. The normalized spacial score (nSPS) is 22.5. The van der Waals surface area contributed by atoms with Gasteiger partial charge in [-0.2, -0.15) is 5.10 Å². The van der Waals surface area contributed by atoms with Crippen molar-refractivity contribution in [3.8, 4) is 0 Å². The number of carbonyl (C=O) groups is 1. The maximum Gasteiger partial charge on any atom is 0.363 e. The number of hydrogen-bond donors (Lipinski definition) is 0. The van der Waals surface area contributed by atoms with E-state index >= 15 is 0 Å². The number of aromatic nitrogens is 2. The fourth-order valence-corrected chi connectivity index (χ4v) is 5.33. The molecule has 9 heteroatoms. The van der Waals surface area contributed by atoms with E-state index in [2.05, 4.69) is 10.1 Å². The van der Waals surface area contributed by atoms with E-state index in [0.29, 0.717) is 28.4 Å². The van der Waals surface area contributed by atoms with E-state index in [1.165, 1.54) is 10.8 Å². The van der Waals surface area contributed by atoms with Crippen molar-refractivity contribution < 1.29 is 17.9 Å². The second-order valence-electron chi connectivity index (χ2n) is 6.99. The number of hydrogen-bond acceptors (Lipinski definition) is 6. The molecule has 0 aliphatic carbocycles. The zero-order valence-electron chi connectivity index (χ0n) is 15.3. The van der Waals surface area contributed by atoms with E-state index in [1.54, 1.807) is 6.92 Å². The molecule has 1 atom stereocenters. The van der Waals surface area contributed by atoms with E-state index < -0.39 is 15.8 Å². The van der Waals surface area contributed by atoms with Crippen LogP contribution in [0.2, 0.25) is 5.15 Å². The Morgan fingerprint density at radius 3 is 2.61 bits per heavy atom. The zero-order chi connectivity index (χ0) is 20.1. The Kier molecular flexibility index (Phi) is 4.63. The second-order valence-corrected chi connectivity index (χ2v) is 9.58. The van der Waals surface area contributed by atoms with Crippen LogP contribution in [0.15, 0.2) is 35.0 Å². The predicted molar refractivity (Wildman–Crippen MR) is 106 cm³/mol. The molecule has 0 spiro atoms. The van der Waals surface area contributed by atoms with Crippen LogP contribution >= 0.6 is 11.6 Å². The highest BCUT2D eigenvalue weighted by Crippen LogP contribution is 2.32. The lowest BCUT2D eigenvalue weighted by molar-refractivity contribution is -0.129. The molecule has 2 aromatic rings. The zero-order valence-corrected chi connectivity index (χ0v) is 16.9. The van der Waals surface area contributed by atoms with E-state index in [1.807, 2.05) is 31.2 Å². The van der Waals surface area contributed by atoms with Gasteiger partial charge in [-0.15, -0.1) is 0 Å². The minimum atomic E-state index is -3.07. The molecule has 146 valence electrons. The van der Waals surface area contributed by atoms with E-state index in [-0.39, 0.29) is 29.1 Å². The van der Waals surface area contributed by atoms with Crippen molar-refractivity contribution >= 4 is 39.4 Å². The van der Waals surface area contributed by atoms with Gasteiger partial charge in [-0.3, -0.25) is 0 Å². The van der Waals surface area contributed by atoms with Crippen LogP contribution in [0.4, 0.5) is 0 Å². The average molecular weight is 420 g/mol. The molecule has 0 radical (unpaired) electrons. The molecule has 0 saturated carbocycles. The van der Waals surface area contributed by atoms with Crippen molar-refractivity contribution in [2.45, 2.75) is 26.3 Å². The number of cyclic esters (lactones) is 1. The lowest BCUT2D eigenvalue weighted by Gasteiger charge is -2.09. The summed E-state index contributed by atoms with van der Waals surface area (Å²) in [7, 11) is -3.07. The summed E-state index contributed by atoms with van der Waals surface area (Å²) in [5.41, 5.74) is 3.05. The number of esters is 1. The molecule has 1 fully saturated rings. The van der Waals surface area contributed by atoms with Gasteiger partial charge in [0, 0.05) is 11.1 Å². The van der Waals surface area contributed by atoms with Gasteiger partial charge in [0.2, 0.25) is 5.90 Å². The summed E-state index contributed by atoms with van der Waals surface area (Å²) in [6.45, 7) is 3.72. The fourth-order valence-electron chi connectivity index (χ4n) is 3.27. The van der Waals surface area contributed by atoms with Crippen molar-refractivity contribution in [3.05, 3.63) is 57.5 Å². The Hall–Kier alpha value is -2.45. The van der Waals surface area contributed by atoms with Crippen LogP contribution < -0.4 is 0 Å². The number of nitrogens with zero attached hydrogens (tertiary/aromatic N) is 3. The Balaban J connectivity index is 1.67. The van der Waals surface area contributed by atoms with Gasteiger partial charge in [0.15, 0.2) is 15.5 Å². The standard InChI is InChI=1S/C19H18ClN3O4S/c1-11-3-5-13(6-4-11)18-21-16(19(24)27-18)9-15-12(2)22-23(17(15)20)14-7-8-28(25,26)10-14/h3-6,9,14H,7-8,10H2,1-2H3/b16-9+/t14-/m1/s1. The molecule has 1 aromatic heterocycles.